The van der Waals surface area contributed by atoms with Crippen molar-refractivity contribution < 1.29 is 5.11 Å². The molecule has 0 unspecified atom stereocenters. The summed E-state index contributed by atoms with van der Waals surface area (Å²) in [6.07, 6.45) is 1.62. The Hall–Kier alpha value is -2.23. The molecule has 15 heavy (non-hydrogen) atoms. The van der Waals surface area contributed by atoms with Gasteiger partial charge in [-0.3, -0.25) is 4.79 Å². The van der Waals surface area contributed by atoms with Crippen LogP contribution in [0.3, 0.4) is 0 Å². The second kappa shape index (κ2) is 2.63. The van der Waals surface area contributed by atoms with E-state index in [-0.39, 0.29) is 11.3 Å². The van der Waals surface area contributed by atoms with Gasteiger partial charge in [-0.15, -0.1) is 0 Å². The van der Waals surface area contributed by atoms with Crippen LogP contribution in [-0.4, -0.2) is 15.1 Å². The number of fused-ring (bicyclic) bond motifs is 3. The molecule has 0 atom stereocenters. The smallest absolute Gasteiger partial charge is 0.272 e. The van der Waals surface area contributed by atoms with Crippen LogP contribution in [0.25, 0.3) is 21.8 Å². The van der Waals surface area contributed by atoms with Gasteiger partial charge >= 0.3 is 0 Å². The number of aromatic hydroxyl groups is 1. The number of aromatic nitrogens is 2. The van der Waals surface area contributed by atoms with Crippen LogP contribution < -0.4 is 5.56 Å². The van der Waals surface area contributed by atoms with Gasteiger partial charge in [-0.1, -0.05) is 0 Å². The molecule has 74 valence electrons. The summed E-state index contributed by atoms with van der Waals surface area (Å²) in [5, 5.41) is 11.1. The van der Waals surface area contributed by atoms with Crippen LogP contribution in [-0.2, 0) is 0 Å². The van der Waals surface area contributed by atoms with Crippen molar-refractivity contribution in [3.63, 3.8) is 0 Å². The minimum absolute atomic E-state index is 0.150. The third-order valence-corrected chi connectivity index (χ3v) is 2.51. The molecule has 0 radical (unpaired) electrons. The third-order valence-electron chi connectivity index (χ3n) is 2.51. The summed E-state index contributed by atoms with van der Waals surface area (Å²) < 4.78 is 0. The predicted octanol–water partition coefficient (Wildman–Crippen LogP) is 1.71. The summed E-state index contributed by atoms with van der Waals surface area (Å²) in [5.41, 5.74) is 1.16. The summed E-state index contributed by atoms with van der Waals surface area (Å²) >= 11 is 0. The maximum atomic E-state index is 11.5. The number of nitrogens with one attached hydrogen (secondary N) is 2. The molecule has 2 aromatic heterocycles. The van der Waals surface area contributed by atoms with Gasteiger partial charge in [0.05, 0.1) is 5.52 Å². The van der Waals surface area contributed by atoms with Gasteiger partial charge in [-0.25, -0.2) is 0 Å². The molecule has 3 rings (SSSR count). The van der Waals surface area contributed by atoms with Gasteiger partial charge in [0.2, 0.25) is 0 Å². The Morgan fingerprint density at radius 1 is 1.13 bits per heavy atom. The van der Waals surface area contributed by atoms with Crippen LogP contribution in [0.1, 0.15) is 0 Å². The SMILES string of the molecule is O=c1[nH]ccc2c1[nH]c1cc(O)ccc12. The van der Waals surface area contributed by atoms with E-state index in [2.05, 4.69) is 9.97 Å². The summed E-state index contributed by atoms with van der Waals surface area (Å²) in [6, 6.07) is 6.85. The van der Waals surface area contributed by atoms with Crippen molar-refractivity contribution in [3.8, 4) is 5.75 Å². The molecule has 0 spiro atoms. The van der Waals surface area contributed by atoms with Gasteiger partial charge < -0.3 is 15.1 Å². The number of pyridine rings is 1. The average Bonchev–Trinajstić information content (AvgIpc) is 2.57. The van der Waals surface area contributed by atoms with Crippen LogP contribution in [0, 0.1) is 0 Å². The Bertz CT molecular complexity index is 709. The van der Waals surface area contributed by atoms with Crippen molar-refractivity contribution in [2.24, 2.45) is 0 Å². The highest BCUT2D eigenvalue weighted by Crippen LogP contribution is 2.25. The minimum Gasteiger partial charge on any atom is -0.508 e. The monoisotopic (exact) mass is 200 g/mol. The summed E-state index contributed by atoms with van der Waals surface area (Å²) in [4.78, 5) is 17.1. The van der Waals surface area contributed by atoms with E-state index in [1.165, 1.54) is 0 Å². The second-order valence-corrected chi connectivity index (χ2v) is 3.45. The van der Waals surface area contributed by atoms with E-state index < -0.39 is 0 Å². The lowest BCUT2D eigenvalue weighted by Crippen LogP contribution is -2.03. The summed E-state index contributed by atoms with van der Waals surface area (Å²) in [6.45, 7) is 0. The van der Waals surface area contributed by atoms with Crippen LogP contribution in [0.5, 0.6) is 5.75 Å². The molecule has 0 aliphatic rings. The first-order chi connectivity index (χ1) is 7.25. The van der Waals surface area contributed by atoms with Crippen molar-refractivity contribution in [1.29, 1.82) is 0 Å². The van der Waals surface area contributed by atoms with Gasteiger partial charge in [0.15, 0.2) is 0 Å². The van der Waals surface area contributed by atoms with E-state index in [4.69, 9.17) is 0 Å². The zero-order chi connectivity index (χ0) is 10.4. The van der Waals surface area contributed by atoms with E-state index >= 15 is 0 Å². The first kappa shape index (κ1) is 8.11. The molecule has 0 aliphatic heterocycles. The lowest BCUT2D eigenvalue weighted by atomic mass is 10.2. The summed E-state index contributed by atoms with van der Waals surface area (Å²) in [5.74, 6) is 0.186. The van der Waals surface area contributed by atoms with Gasteiger partial charge in [-0.05, 0) is 18.2 Å². The fraction of sp³-hybridized carbons (Fsp3) is 0. The molecule has 0 aliphatic carbocycles. The first-order valence-electron chi connectivity index (χ1n) is 4.58. The number of H-pyrrole nitrogens is 2. The molecule has 0 fully saturated rings. The Morgan fingerprint density at radius 3 is 2.87 bits per heavy atom. The zero-order valence-electron chi connectivity index (χ0n) is 7.74. The normalized spacial score (nSPS) is 11.2. The lowest BCUT2D eigenvalue weighted by Gasteiger charge is -1.91. The largest absolute Gasteiger partial charge is 0.508 e. The number of hydrogen-bond donors (Lipinski definition) is 3. The molecule has 1 aromatic carbocycles. The van der Waals surface area contributed by atoms with Crippen molar-refractivity contribution in [3.05, 3.63) is 40.8 Å². The lowest BCUT2D eigenvalue weighted by molar-refractivity contribution is 0.476. The van der Waals surface area contributed by atoms with Crippen LogP contribution in [0.15, 0.2) is 35.3 Å². The Balaban J connectivity index is 2.63. The molecule has 3 aromatic rings. The third kappa shape index (κ3) is 1.05. The number of benzene rings is 1. The number of phenolic OH excluding ortho intramolecular Hbond substituents is 1. The Kier molecular flexibility index (Phi) is 1.42. The number of hydrogen-bond acceptors (Lipinski definition) is 2. The minimum atomic E-state index is -0.150. The second-order valence-electron chi connectivity index (χ2n) is 3.45. The fourth-order valence-corrected chi connectivity index (χ4v) is 1.83. The van der Waals surface area contributed by atoms with Gasteiger partial charge in [-0.2, -0.15) is 0 Å². The van der Waals surface area contributed by atoms with Gasteiger partial charge in [0.25, 0.3) is 5.56 Å². The molecule has 4 heteroatoms. The highest BCUT2D eigenvalue weighted by atomic mass is 16.3. The zero-order valence-corrected chi connectivity index (χ0v) is 7.74. The molecule has 2 heterocycles. The maximum absolute atomic E-state index is 11.5. The number of aromatic amines is 2. The van der Waals surface area contributed by atoms with Crippen LogP contribution in [0.2, 0.25) is 0 Å². The molecular formula is C11H8N2O2. The standard InChI is InChI=1S/C11H8N2O2/c14-6-1-2-7-8-3-4-12-11(15)10(8)13-9(7)5-6/h1-5,13-14H,(H,12,15). The highest BCUT2D eigenvalue weighted by molar-refractivity contribution is 6.07. The molecular weight excluding hydrogens is 192 g/mol. The van der Waals surface area contributed by atoms with Crippen molar-refractivity contribution in [2.45, 2.75) is 0 Å². The maximum Gasteiger partial charge on any atom is 0.272 e. The van der Waals surface area contributed by atoms with Gasteiger partial charge in [0.1, 0.15) is 11.3 Å². The Morgan fingerprint density at radius 2 is 2.00 bits per heavy atom. The highest BCUT2D eigenvalue weighted by Gasteiger charge is 2.06. The van der Waals surface area contributed by atoms with E-state index in [0.29, 0.717) is 5.52 Å². The van der Waals surface area contributed by atoms with E-state index in [9.17, 15) is 9.90 Å². The molecule has 3 N–H and O–H groups in total. The summed E-state index contributed by atoms with van der Waals surface area (Å²) in [7, 11) is 0. The molecule has 4 nitrogen and oxygen atoms in total. The van der Waals surface area contributed by atoms with E-state index in [0.717, 1.165) is 16.3 Å². The molecule has 0 amide bonds. The van der Waals surface area contributed by atoms with Crippen LogP contribution in [0.4, 0.5) is 0 Å². The molecule has 0 saturated heterocycles. The van der Waals surface area contributed by atoms with Crippen molar-refractivity contribution in [2.75, 3.05) is 0 Å². The van der Waals surface area contributed by atoms with Crippen LogP contribution >= 0.6 is 0 Å². The topological polar surface area (TPSA) is 68.9 Å². The van der Waals surface area contributed by atoms with E-state index in [1.807, 2.05) is 6.07 Å². The quantitative estimate of drug-likeness (QED) is 0.517. The van der Waals surface area contributed by atoms with Crippen molar-refractivity contribution >= 4 is 21.8 Å². The molecule has 0 bridgehead atoms. The number of rotatable bonds is 0. The van der Waals surface area contributed by atoms with Gasteiger partial charge in [0, 0.05) is 23.0 Å². The first-order valence-corrected chi connectivity index (χ1v) is 4.58. The number of phenols is 1. The molecule has 0 saturated carbocycles. The average molecular weight is 200 g/mol. The van der Waals surface area contributed by atoms with E-state index in [1.54, 1.807) is 24.4 Å². The fourth-order valence-electron chi connectivity index (χ4n) is 1.83. The Labute approximate surface area is 84.2 Å². The predicted molar refractivity (Wildman–Crippen MR) is 58.1 cm³/mol. The van der Waals surface area contributed by atoms with Crippen molar-refractivity contribution in [1.82, 2.24) is 9.97 Å².